The fraction of sp³-hybridized carbons (Fsp3) is 0.500. The van der Waals surface area contributed by atoms with Crippen molar-refractivity contribution in [3.63, 3.8) is 0 Å². The minimum Gasteiger partial charge on any atom is -0.379 e. The van der Waals surface area contributed by atoms with E-state index >= 15 is 0 Å². The number of benzene rings is 1. The van der Waals surface area contributed by atoms with E-state index in [1.54, 1.807) is 7.11 Å². The highest BCUT2D eigenvalue weighted by Gasteiger charge is 2.31. The summed E-state index contributed by atoms with van der Waals surface area (Å²) in [5.41, 5.74) is -0.502. The van der Waals surface area contributed by atoms with E-state index < -0.39 is 23.1 Å². The van der Waals surface area contributed by atoms with Crippen molar-refractivity contribution in [2.75, 3.05) is 20.2 Å². The molecule has 1 saturated heterocycles. The van der Waals surface area contributed by atoms with Crippen molar-refractivity contribution < 1.29 is 18.3 Å². The number of rotatable bonds is 2. The smallest absolute Gasteiger partial charge is 0.259 e. The second-order valence-corrected chi connectivity index (χ2v) is 5.95. The predicted molar refractivity (Wildman–Crippen MR) is 74.5 cm³/mol. The van der Waals surface area contributed by atoms with Crippen LogP contribution in [0.4, 0.5) is 8.78 Å². The molecule has 2 atom stereocenters. The van der Waals surface area contributed by atoms with Crippen molar-refractivity contribution in [2.24, 2.45) is 5.92 Å². The molecule has 1 aliphatic heterocycles. The molecule has 1 aromatic rings. The molecule has 0 aliphatic carbocycles. The van der Waals surface area contributed by atoms with E-state index in [1.165, 1.54) is 4.90 Å². The Labute approximate surface area is 125 Å². The zero-order valence-electron chi connectivity index (χ0n) is 11.3. The third-order valence-electron chi connectivity index (χ3n) is 3.70. The highest BCUT2D eigenvalue weighted by Crippen LogP contribution is 2.24. The summed E-state index contributed by atoms with van der Waals surface area (Å²) >= 11 is 3.00. The molecule has 0 N–H and O–H groups in total. The van der Waals surface area contributed by atoms with E-state index in [9.17, 15) is 13.6 Å². The van der Waals surface area contributed by atoms with E-state index in [1.807, 2.05) is 6.92 Å². The largest absolute Gasteiger partial charge is 0.379 e. The maximum Gasteiger partial charge on any atom is 0.259 e. The van der Waals surface area contributed by atoms with E-state index in [0.717, 1.165) is 18.6 Å². The van der Waals surface area contributed by atoms with Crippen LogP contribution in [0.15, 0.2) is 16.6 Å². The molecule has 1 fully saturated rings. The number of carbonyl (C=O) groups excluding carboxylic acids is 1. The van der Waals surface area contributed by atoms with Gasteiger partial charge in [-0.2, -0.15) is 0 Å². The van der Waals surface area contributed by atoms with Crippen LogP contribution in [0.25, 0.3) is 0 Å². The molecule has 110 valence electrons. The molecule has 1 amide bonds. The second kappa shape index (κ2) is 6.18. The lowest BCUT2D eigenvalue weighted by molar-refractivity contribution is -0.00189. The Bertz CT molecular complexity index is 501. The number of hydrogen-bond acceptors (Lipinski definition) is 2. The number of carbonyl (C=O) groups is 1. The van der Waals surface area contributed by atoms with Gasteiger partial charge >= 0.3 is 0 Å². The predicted octanol–water partition coefficient (Wildman–Crippen LogP) is 3.22. The zero-order chi connectivity index (χ0) is 14.9. The second-order valence-electron chi connectivity index (χ2n) is 5.04. The Balaban J connectivity index is 2.24. The Hall–Kier alpha value is -1.01. The summed E-state index contributed by atoms with van der Waals surface area (Å²) in [6.07, 6.45) is 0.651. The summed E-state index contributed by atoms with van der Waals surface area (Å²) in [6, 6.07) is 2.19. The van der Waals surface area contributed by atoms with E-state index in [2.05, 4.69) is 15.9 Å². The van der Waals surface area contributed by atoms with Gasteiger partial charge in [-0.1, -0.05) is 22.9 Å². The molecule has 0 spiro atoms. The van der Waals surface area contributed by atoms with Crippen LogP contribution in [0.2, 0.25) is 0 Å². The number of halogens is 3. The van der Waals surface area contributed by atoms with Crippen LogP contribution in [-0.4, -0.2) is 37.1 Å². The van der Waals surface area contributed by atoms with Gasteiger partial charge in [-0.05, 0) is 24.5 Å². The number of piperidine rings is 1. The lowest BCUT2D eigenvalue weighted by atomic mass is 9.95. The molecule has 3 nitrogen and oxygen atoms in total. The van der Waals surface area contributed by atoms with Gasteiger partial charge in [-0.15, -0.1) is 0 Å². The van der Waals surface area contributed by atoms with E-state index in [0.29, 0.717) is 19.0 Å². The van der Waals surface area contributed by atoms with Crippen LogP contribution in [0.3, 0.4) is 0 Å². The Morgan fingerprint density at radius 1 is 1.40 bits per heavy atom. The number of methoxy groups -OCH3 is 1. The SMILES string of the molecule is COC1CN(C(=O)c2c(F)cc(Br)cc2F)CCC1C. The quantitative estimate of drug-likeness (QED) is 0.821. The van der Waals surface area contributed by atoms with Gasteiger partial charge in [-0.25, -0.2) is 8.78 Å². The van der Waals surface area contributed by atoms with Crippen molar-refractivity contribution in [1.29, 1.82) is 0 Å². The molecule has 6 heteroatoms. The third kappa shape index (κ3) is 3.01. The Morgan fingerprint density at radius 3 is 2.55 bits per heavy atom. The summed E-state index contributed by atoms with van der Waals surface area (Å²) in [5, 5.41) is 0. The average Bonchev–Trinajstić information content (AvgIpc) is 2.37. The van der Waals surface area contributed by atoms with Gasteiger partial charge in [0.05, 0.1) is 6.10 Å². The first kappa shape index (κ1) is 15.4. The number of hydrogen-bond donors (Lipinski definition) is 0. The van der Waals surface area contributed by atoms with Gasteiger partial charge in [-0.3, -0.25) is 4.79 Å². The van der Waals surface area contributed by atoms with Gasteiger partial charge in [0.2, 0.25) is 0 Å². The summed E-state index contributed by atoms with van der Waals surface area (Å²) in [7, 11) is 1.58. The number of amides is 1. The Morgan fingerprint density at radius 2 is 2.00 bits per heavy atom. The maximum absolute atomic E-state index is 13.8. The van der Waals surface area contributed by atoms with Crippen molar-refractivity contribution in [2.45, 2.75) is 19.4 Å². The molecule has 1 aliphatic rings. The molecule has 0 radical (unpaired) electrons. The van der Waals surface area contributed by atoms with Crippen LogP contribution < -0.4 is 0 Å². The summed E-state index contributed by atoms with van der Waals surface area (Å²) < 4.78 is 33.2. The molecule has 0 bridgehead atoms. The van der Waals surface area contributed by atoms with Crippen molar-refractivity contribution in [1.82, 2.24) is 4.90 Å². The first-order valence-electron chi connectivity index (χ1n) is 6.40. The lowest BCUT2D eigenvalue weighted by Gasteiger charge is -2.36. The molecule has 1 heterocycles. The van der Waals surface area contributed by atoms with E-state index in [4.69, 9.17) is 4.74 Å². The number of likely N-dealkylation sites (tertiary alicyclic amines) is 1. The van der Waals surface area contributed by atoms with Crippen LogP contribution in [-0.2, 0) is 4.74 Å². The molecule has 20 heavy (non-hydrogen) atoms. The van der Waals surface area contributed by atoms with Crippen LogP contribution in [0.5, 0.6) is 0 Å². The van der Waals surface area contributed by atoms with Crippen LogP contribution >= 0.6 is 15.9 Å². The van der Waals surface area contributed by atoms with Gasteiger partial charge in [0, 0.05) is 24.7 Å². The third-order valence-corrected chi connectivity index (χ3v) is 4.16. The first-order valence-corrected chi connectivity index (χ1v) is 7.20. The lowest BCUT2D eigenvalue weighted by Crippen LogP contribution is -2.47. The summed E-state index contributed by atoms with van der Waals surface area (Å²) in [5.74, 6) is -2.01. The van der Waals surface area contributed by atoms with Gasteiger partial charge in [0.1, 0.15) is 17.2 Å². The standard InChI is InChI=1S/C14H16BrF2NO2/c1-8-3-4-18(7-12(8)20-2)14(19)13-10(16)5-9(15)6-11(13)17/h5-6,8,12H,3-4,7H2,1-2H3. The topological polar surface area (TPSA) is 29.5 Å². The van der Waals surface area contributed by atoms with Crippen molar-refractivity contribution >= 4 is 21.8 Å². The summed E-state index contributed by atoms with van der Waals surface area (Å²) in [4.78, 5) is 13.7. The van der Waals surface area contributed by atoms with Crippen LogP contribution in [0.1, 0.15) is 23.7 Å². The minimum atomic E-state index is -0.852. The monoisotopic (exact) mass is 347 g/mol. The molecular weight excluding hydrogens is 332 g/mol. The molecular formula is C14H16BrF2NO2. The molecule has 2 rings (SSSR count). The molecule has 1 aromatic carbocycles. The number of nitrogens with zero attached hydrogens (tertiary/aromatic N) is 1. The molecule has 2 unspecified atom stereocenters. The van der Waals surface area contributed by atoms with Crippen LogP contribution in [0, 0.1) is 17.6 Å². The van der Waals surface area contributed by atoms with E-state index in [-0.39, 0.29) is 10.6 Å². The Kier molecular flexibility index (Phi) is 4.75. The fourth-order valence-corrected chi connectivity index (χ4v) is 2.83. The van der Waals surface area contributed by atoms with Gasteiger partial charge in [0.15, 0.2) is 0 Å². The first-order chi connectivity index (χ1) is 9.43. The van der Waals surface area contributed by atoms with Gasteiger partial charge in [0.25, 0.3) is 5.91 Å². The normalized spacial score (nSPS) is 22.9. The average molecular weight is 348 g/mol. The minimum absolute atomic E-state index is 0.103. The number of ether oxygens (including phenoxy) is 1. The highest BCUT2D eigenvalue weighted by atomic mass is 79.9. The maximum atomic E-state index is 13.8. The zero-order valence-corrected chi connectivity index (χ0v) is 12.9. The summed E-state index contributed by atoms with van der Waals surface area (Å²) in [6.45, 7) is 2.87. The highest BCUT2D eigenvalue weighted by molar-refractivity contribution is 9.10. The van der Waals surface area contributed by atoms with Gasteiger partial charge < -0.3 is 9.64 Å². The van der Waals surface area contributed by atoms with Crippen molar-refractivity contribution in [3.05, 3.63) is 33.8 Å². The molecule has 0 saturated carbocycles. The molecule has 0 aromatic heterocycles. The fourth-order valence-electron chi connectivity index (χ4n) is 2.43. The van der Waals surface area contributed by atoms with Crippen molar-refractivity contribution in [3.8, 4) is 0 Å².